The average molecular weight is 209 g/mol. The fraction of sp³-hybridized carbons (Fsp3) is 1.00. The fourth-order valence-electron chi connectivity index (χ4n) is 3.47. The molecule has 0 bridgehead atoms. The topological polar surface area (TPSA) is 12.0 Å². The monoisotopic (exact) mass is 209 g/mol. The zero-order valence-electron chi connectivity index (χ0n) is 10.6. The molecule has 2 aliphatic carbocycles. The van der Waals surface area contributed by atoms with E-state index in [9.17, 15) is 0 Å². The van der Waals surface area contributed by atoms with E-state index in [0.29, 0.717) is 0 Å². The predicted octanol–water partition coefficient (Wildman–Crippen LogP) is 3.59. The van der Waals surface area contributed by atoms with Crippen LogP contribution in [0.5, 0.6) is 0 Å². The Labute approximate surface area is 95.0 Å². The van der Waals surface area contributed by atoms with Gasteiger partial charge in [-0.3, -0.25) is 0 Å². The van der Waals surface area contributed by atoms with Crippen molar-refractivity contribution in [3.05, 3.63) is 0 Å². The fourth-order valence-corrected chi connectivity index (χ4v) is 3.47. The second kappa shape index (κ2) is 4.86. The summed E-state index contributed by atoms with van der Waals surface area (Å²) in [6.45, 7) is 7.18. The number of rotatable bonds is 4. The van der Waals surface area contributed by atoms with E-state index in [4.69, 9.17) is 0 Å². The summed E-state index contributed by atoms with van der Waals surface area (Å²) in [6.07, 6.45) is 8.54. The van der Waals surface area contributed by atoms with E-state index in [-0.39, 0.29) is 0 Å². The molecule has 0 amide bonds. The minimum absolute atomic E-state index is 0.814. The molecule has 0 aromatic heterocycles. The molecule has 0 radical (unpaired) electrons. The predicted molar refractivity (Wildman–Crippen MR) is 65.9 cm³/mol. The highest BCUT2D eigenvalue weighted by molar-refractivity contribution is 4.89. The Morgan fingerprint density at radius 2 is 1.67 bits per heavy atom. The van der Waals surface area contributed by atoms with Gasteiger partial charge in [-0.25, -0.2) is 0 Å². The van der Waals surface area contributed by atoms with Crippen molar-refractivity contribution in [3.8, 4) is 0 Å². The molecular weight excluding hydrogens is 182 g/mol. The first kappa shape index (κ1) is 11.4. The number of hydrogen-bond donors (Lipinski definition) is 1. The zero-order valence-corrected chi connectivity index (χ0v) is 10.6. The molecule has 88 valence electrons. The van der Waals surface area contributed by atoms with E-state index in [2.05, 4.69) is 26.1 Å². The average Bonchev–Trinajstić information content (AvgIpc) is 2.95. The molecule has 2 rings (SSSR count). The van der Waals surface area contributed by atoms with Crippen molar-refractivity contribution in [1.29, 1.82) is 0 Å². The Morgan fingerprint density at radius 3 is 2.13 bits per heavy atom. The van der Waals surface area contributed by atoms with Gasteiger partial charge < -0.3 is 5.32 Å². The Kier molecular flexibility index (Phi) is 3.71. The first-order chi connectivity index (χ1) is 7.19. The van der Waals surface area contributed by atoms with Crippen molar-refractivity contribution in [2.24, 2.45) is 17.8 Å². The van der Waals surface area contributed by atoms with Crippen LogP contribution in [0, 0.1) is 17.8 Å². The summed E-state index contributed by atoms with van der Waals surface area (Å²) in [4.78, 5) is 0. The third-order valence-electron chi connectivity index (χ3n) is 4.26. The van der Waals surface area contributed by atoms with E-state index < -0.39 is 0 Å². The van der Waals surface area contributed by atoms with E-state index in [1.807, 2.05) is 0 Å². The van der Waals surface area contributed by atoms with Crippen molar-refractivity contribution in [2.45, 2.75) is 71.4 Å². The Bertz CT molecular complexity index is 188. The van der Waals surface area contributed by atoms with Gasteiger partial charge >= 0.3 is 0 Å². The molecule has 1 N–H and O–H groups in total. The summed E-state index contributed by atoms with van der Waals surface area (Å²) in [7, 11) is 0. The number of hydrogen-bond acceptors (Lipinski definition) is 1. The van der Waals surface area contributed by atoms with Gasteiger partial charge in [0.1, 0.15) is 0 Å². The molecule has 0 aliphatic heterocycles. The maximum Gasteiger partial charge on any atom is 0.00952 e. The molecule has 0 aromatic rings. The standard InChI is InChI=1S/C14H27N/c1-4-14(12-5-6-12)15-13-8-10(2)7-11(3)9-13/h10-15H,4-9H2,1-3H3. The first-order valence-corrected chi connectivity index (χ1v) is 6.95. The zero-order chi connectivity index (χ0) is 10.8. The SMILES string of the molecule is CCC(NC1CC(C)CC(C)C1)C1CC1. The Hall–Kier alpha value is -0.0400. The summed E-state index contributed by atoms with van der Waals surface area (Å²) in [5.74, 6) is 2.88. The van der Waals surface area contributed by atoms with Gasteiger partial charge in [-0.2, -0.15) is 0 Å². The smallest absolute Gasteiger partial charge is 0.00952 e. The Morgan fingerprint density at radius 1 is 1.07 bits per heavy atom. The highest BCUT2D eigenvalue weighted by Gasteiger charge is 2.33. The molecule has 3 atom stereocenters. The van der Waals surface area contributed by atoms with Gasteiger partial charge in [0.2, 0.25) is 0 Å². The van der Waals surface area contributed by atoms with Gasteiger partial charge in [0, 0.05) is 12.1 Å². The van der Waals surface area contributed by atoms with Gasteiger partial charge in [0.05, 0.1) is 0 Å². The molecule has 2 aliphatic rings. The molecule has 0 saturated heterocycles. The van der Waals surface area contributed by atoms with E-state index >= 15 is 0 Å². The van der Waals surface area contributed by atoms with Crippen LogP contribution in [0.25, 0.3) is 0 Å². The van der Waals surface area contributed by atoms with Gasteiger partial charge in [0.25, 0.3) is 0 Å². The summed E-state index contributed by atoms with van der Waals surface area (Å²) in [5.41, 5.74) is 0. The van der Waals surface area contributed by atoms with Crippen molar-refractivity contribution >= 4 is 0 Å². The van der Waals surface area contributed by atoms with Crippen LogP contribution in [0.3, 0.4) is 0 Å². The lowest BCUT2D eigenvalue weighted by Gasteiger charge is -2.34. The second-order valence-corrected chi connectivity index (χ2v) is 6.13. The minimum Gasteiger partial charge on any atom is -0.311 e. The van der Waals surface area contributed by atoms with Crippen molar-refractivity contribution in [3.63, 3.8) is 0 Å². The van der Waals surface area contributed by atoms with Crippen LogP contribution in [-0.4, -0.2) is 12.1 Å². The van der Waals surface area contributed by atoms with Crippen LogP contribution in [0.4, 0.5) is 0 Å². The third kappa shape index (κ3) is 3.21. The van der Waals surface area contributed by atoms with Gasteiger partial charge in [0.15, 0.2) is 0 Å². The van der Waals surface area contributed by atoms with E-state index in [1.54, 1.807) is 0 Å². The highest BCUT2D eigenvalue weighted by Crippen LogP contribution is 2.36. The quantitative estimate of drug-likeness (QED) is 0.746. The first-order valence-electron chi connectivity index (χ1n) is 6.95. The van der Waals surface area contributed by atoms with Crippen molar-refractivity contribution in [2.75, 3.05) is 0 Å². The summed E-state index contributed by atoms with van der Waals surface area (Å²) in [5, 5.41) is 3.93. The summed E-state index contributed by atoms with van der Waals surface area (Å²) < 4.78 is 0. The molecule has 15 heavy (non-hydrogen) atoms. The molecule has 2 saturated carbocycles. The number of nitrogens with one attached hydrogen (secondary N) is 1. The van der Waals surface area contributed by atoms with Crippen molar-refractivity contribution < 1.29 is 0 Å². The molecule has 0 aromatic carbocycles. The molecular formula is C14H27N. The molecule has 3 unspecified atom stereocenters. The highest BCUT2D eigenvalue weighted by atomic mass is 15.0. The van der Waals surface area contributed by atoms with Crippen LogP contribution in [-0.2, 0) is 0 Å². The maximum atomic E-state index is 3.93. The lowest BCUT2D eigenvalue weighted by Crippen LogP contribution is -2.43. The van der Waals surface area contributed by atoms with Crippen LogP contribution < -0.4 is 5.32 Å². The van der Waals surface area contributed by atoms with E-state index in [0.717, 1.165) is 29.8 Å². The van der Waals surface area contributed by atoms with Crippen LogP contribution in [0.1, 0.15) is 59.3 Å². The molecule has 1 heteroatoms. The summed E-state index contributed by atoms with van der Waals surface area (Å²) >= 11 is 0. The Balaban J connectivity index is 1.81. The van der Waals surface area contributed by atoms with E-state index in [1.165, 1.54) is 38.5 Å². The summed E-state index contributed by atoms with van der Waals surface area (Å²) in [6, 6.07) is 1.64. The lowest BCUT2D eigenvalue weighted by atomic mass is 9.80. The lowest BCUT2D eigenvalue weighted by molar-refractivity contribution is 0.218. The van der Waals surface area contributed by atoms with Crippen LogP contribution in [0.2, 0.25) is 0 Å². The van der Waals surface area contributed by atoms with Gasteiger partial charge in [-0.15, -0.1) is 0 Å². The molecule has 0 heterocycles. The third-order valence-corrected chi connectivity index (χ3v) is 4.26. The van der Waals surface area contributed by atoms with Crippen molar-refractivity contribution in [1.82, 2.24) is 5.32 Å². The molecule has 1 nitrogen and oxygen atoms in total. The molecule has 0 spiro atoms. The van der Waals surface area contributed by atoms with Crippen LogP contribution >= 0.6 is 0 Å². The van der Waals surface area contributed by atoms with Crippen LogP contribution in [0.15, 0.2) is 0 Å². The largest absolute Gasteiger partial charge is 0.311 e. The van der Waals surface area contributed by atoms with Gasteiger partial charge in [-0.05, 0) is 56.3 Å². The second-order valence-electron chi connectivity index (χ2n) is 6.13. The minimum atomic E-state index is 0.814. The maximum absolute atomic E-state index is 3.93. The normalized spacial score (nSPS) is 39.0. The molecule has 2 fully saturated rings. The van der Waals surface area contributed by atoms with Gasteiger partial charge in [-0.1, -0.05) is 20.8 Å².